The van der Waals surface area contributed by atoms with Gasteiger partial charge in [0.25, 0.3) is 5.91 Å². The molecule has 0 bridgehead atoms. The maximum absolute atomic E-state index is 12.5. The van der Waals surface area contributed by atoms with Crippen molar-refractivity contribution in [2.75, 3.05) is 5.32 Å². The highest BCUT2D eigenvalue weighted by atomic mass is 79.9. The zero-order valence-electron chi connectivity index (χ0n) is 16.4. The Balaban J connectivity index is 1.58. The lowest BCUT2D eigenvalue weighted by Gasteiger charge is -2.07. The Hall–Kier alpha value is -2.70. The van der Waals surface area contributed by atoms with Crippen LogP contribution in [0.3, 0.4) is 0 Å². The molecule has 152 valence electrons. The normalized spacial score (nSPS) is 11.0. The third-order valence-electron chi connectivity index (χ3n) is 4.81. The molecule has 0 saturated carbocycles. The van der Waals surface area contributed by atoms with Gasteiger partial charge in [-0.25, -0.2) is 0 Å². The van der Waals surface area contributed by atoms with E-state index >= 15 is 0 Å². The van der Waals surface area contributed by atoms with Gasteiger partial charge < -0.3 is 5.32 Å². The molecule has 3 aromatic carbocycles. The van der Waals surface area contributed by atoms with E-state index in [1.54, 1.807) is 29.1 Å². The third-order valence-corrected chi connectivity index (χ3v) is 5.65. The molecule has 0 aliphatic carbocycles. The van der Waals surface area contributed by atoms with E-state index in [9.17, 15) is 4.79 Å². The van der Waals surface area contributed by atoms with Crippen molar-refractivity contribution >= 4 is 50.2 Å². The van der Waals surface area contributed by atoms with Crippen LogP contribution in [-0.4, -0.2) is 20.9 Å². The highest BCUT2D eigenvalue weighted by Gasteiger charge is 2.13. The van der Waals surface area contributed by atoms with Crippen LogP contribution >= 0.6 is 27.5 Å². The van der Waals surface area contributed by atoms with Crippen molar-refractivity contribution in [2.24, 2.45) is 0 Å². The summed E-state index contributed by atoms with van der Waals surface area (Å²) in [5, 5.41) is 12.3. The van der Waals surface area contributed by atoms with Gasteiger partial charge in [0.05, 0.1) is 16.4 Å². The Morgan fingerprint density at radius 3 is 2.37 bits per heavy atom. The Labute approximate surface area is 188 Å². The summed E-state index contributed by atoms with van der Waals surface area (Å²) in [6, 6.07) is 18.8. The minimum Gasteiger partial charge on any atom is -0.321 e. The Kier molecular flexibility index (Phi) is 6.16. The minimum atomic E-state index is -0.237. The molecule has 4 aromatic rings. The number of carbonyl (C=O) groups excluding carboxylic acids is 1. The van der Waals surface area contributed by atoms with Crippen LogP contribution < -0.4 is 5.32 Å². The SMILES string of the molecule is CCCCc1ccc(-n2nc3cc(Cl)c(NC(=O)c4ccc(Br)cc4)cc3n2)cc1. The fourth-order valence-corrected chi connectivity index (χ4v) is 3.59. The number of rotatable bonds is 6. The molecule has 5 nitrogen and oxygen atoms in total. The van der Waals surface area contributed by atoms with Gasteiger partial charge in [0.15, 0.2) is 0 Å². The summed E-state index contributed by atoms with van der Waals surface area (Å²) in [6.45, 7) is 2.19. The van der Waals surface area contributed by atoms with Crippen LogP contribution in [0.1, 0.15) is 35.7 Å². The van der Waals surface area contributed by atoms with Gasteiger partial charge in [0.2, 0.25) is 0 Å². The van der Waals surface area contributed by atoms with Crippen LogP contribution in [0.2, 0.25) is 5.02 Å². The van der Waals surface area contributed by atoms with Crippen molar-refractivity contribution < 1.29 is 4.79 Å². The van der Waals surface area contributed by atoms with Crippen molar-refractivity contribution in [3.63, 3.8) is 0 Å². The van der Waals surface area contributed by atoms with Crippen molar-refractivity contribution in [3.8, 4) is 5.69 Å². The smallest absolute Gasteiger partial charge is 0.255 e. The molecule has 0 saturated heterocycles. The third kappa shape index (κ3) is 4.55. The number of carbonyl (C=O) groups is 1. The summed E-state index contributed by atoms with van der Waals surface area (Å²) in [4.78, 5) is 14.1. The maximum Gasteiger partial charge on any atom is 0.255 e. The van der Waals surface area contributed by atoms with E-state index in [4.69, 9.17) is 11.6 Å². The summed E-state index contributed by atoms with van der Waals surface area (Å²) in [5.41, 5.74) is 4.54. The average Bonchev–Trinajstić information content (AvgIpc) is 3.16. The van der Waals surface area contributed by atoms with Crippen LogP contribution in [0.4, 0.5) is 5.69 Å². The molecular weight excluding hydrogens is 464 g/mol. The van der Waals surface area contributed by atoms with E-state index in [0.717, 1.165) is 16.6 Å². The molecule has 7 heteroatoms. The first kappa shape index (κ1) is 20.6. The average molecular weight is 484 g/mol. The molecule has 0 spiro atoms. The van der Waals surface area contributed by atoms with E-state index in [1.165, 1.54) is 18.4 Å². The summed E-state index contributed by atoms with van der Waals surface area (Å²) in [5.74, 6) is -0.237. The molecule has 0 atom stereocenters. The van der Waals surface area contributed by atoms with Crippen molar-refractivity contribution in [3.05, 3.63) is 81.3 Å². The number of amides is 1. The predicted octanol–water partition coefficient (Wildman–Crippen LogP) is 6.43. The Morgan fingerprint density at radius 2 is 1.70 bits per heavy atom. The number of hydrogen-bond donors (Lipinski definition) is 1. The number of nitrogens with one attached hydrogen (secondary N) is 1. The fourth-order valence-electron chi connectivity index (χ4n) is 3.12. The second-order valence-electron chi connectivity index (χ2n) is 7.04. The molecule has 0 unspecified atom stereocenters. The molecule has 30 heavy (non-hydrogen) atoms. The van der Waals surface area contributed by atoms with Gasteiger partial charge >= 0.3 is 0 Å². The number of benzene rings is 3. The van der Waals surface area contributed by atoms with Gasteiger partial charge in [0, 0.05) is 10.0 Å². The van der Waals surface area contributed by atoms with E-state index in [2.05, 4.69) is 50.5 Å². The summed E-state index contributed by atoms with van der Waals surface area (Å²) < 4.78 is 0.911. The van der Waals surface area contributed by atoms with Crippen molar-refractivity contribution in [1.29, 1.82) is 0 Å². The van der Waals surface area contributed by atoms with Crippen molar-refractivity contribution in [2.45, 2.75) is 26.2 Å². The lowest BCUT2D eigenvalue weighted by molar-refractivity contribution is 0.102. The second-order valence-corrected chi connectivity index (χ2v) is 8.36. The molecular formula is C23H20BrClN4O. The Bertz CT molecular complexity index is 1190. The quantitative estimate of drug-likeness (QED) is 0.344. The number of anilines is 1. The number of nitrogens with zero attached hydrogens (tertiary/aromatic N) is 3. The standard InChI is InChI=1S/C23H20BrClN4O/c1-2-3-4-15-5-11-18(12-6-15)29-27-21-13-19(25)20(14-22(21)28-29)26-23(30)16-7-9-17(24)10-8-16/h5-14H,2-4H2,1H3,(H,26,30). The van der Waals surface area contributed by atoms with Gasteiger partial charge in [-0.2, -0.15) is 4.80 Å². The molecule has 0 aliphatic rings. The van der Waals surface area contributed by atoms with Crippen LogP contribution in [0.5, 0.6) is 0 Å². The predicted molar refractivity (Wildman–Crippen MR) is 125 cm³/mol. The monoisotopic (exact) mass is 482 g/mol. The summed E-state index contributed by atoms with van der Waals surface area (Å²) in [7, 11) is 0. The zero-order valence-corrected chi connectivity index (χ0v) is 18.7. The first-order valence-corrected chi connectivity index (χ1v) is 10.9. The summed E-state index contributed by atoms with van der Waals surface area (Å²) in [6.07, 6.45) is 3.42. The number of halogens is 2. The van der Waals surface area contributed by atoms with E-state index < -0.39 is 0 Å². The first-order chi connectivity index (χ1) is 14.5. The second kappa shape index (κ2) is 8.98. The van der Waals surface area contributed by atoms with Crippen LogP contribution in [0.15, 0.2) is 65.1 Å². The first-order valence-electron chi connectivity index (χ1n) is 9.76. The topological polar surface area (TPSA) is 59.8 Å². The highest BCUT2D eigenvalue weighted by molar-refractivity contribution is 9.10. The number of aryl methyl sites for hydroxylation is 1. The number of hydrogen-bond acceptors (Lipinski definition) is 3. The largest absolute Gasteiger partial charge is 0.321 e. The molecule has 1 N–H and O–H groups in total. The fraction of sp³-hybridized carbons (Fsp3) is 0.174. The minimum absolute atomic E-state index is 0.237. The number of fused-ring (bicyclic) bond motifs is 1. The zero-order chi connectivity index (χ0) is 21.1. The molecule has 4 rings (SSSR count). The van der Waals surface area contributed by atoms with Gasteiger partial charge in [-0.15, -0.1) is 10.2 Å². The highest BCUT2D eigenvalue weighted by Crippen LogP contribution is 2.27. The molecule has 1 aromatic heterocycles. The molecule has 0 fully saturated rings. The van der Waals surface area contributed by atoms with Crippen LogP contribution in [-0.2, 0) is 6.42 Å². The molecule has 0 aliphatic heterocycles. The van der Waals surface area contributed by atoms with Gasteiger partial charge in [0.1, 0.15) is 11.0 Å². The lowest BCUT2D eigenvalue weighted by atomic mass is 10.1. The van der Waals surface area contributed by atoms with Crippen LogP contribution in [0, 0.1) is 0 Å². The van der Waals surface area contributed by atoms with Crippen molar-refractivity contribution in [1.82, 2.24) is 15.0 Å². The van der Waals surface area contributed by atoms with E-state index in [1.807, 2.05) is 24.3 Å². The van der Waals surface area contributed by atoms with Crippen LogP contribution in [0.25, 0.3) is 16.7 Å². The van der Waals surface area contributed by atoms with Gasteiger partial charge in [-0.1, -0.05) is 53.0 Å². The lowest BCUT2D eigenvalue weighted by Crippen LogP contribution is -2.12. The maximum atomic E-state index is 12.5. The number of aromatic nitrogens is 3. The molecule has 0 radical (unpaired) electrons. The molecule has 1 amide bonds. The van der Waals surface area contributed by atoms with E-state index in [0.29, 0.717) is 27.3 Å². The Morgan fingerprint density at radius 1 is 1.03 bits per heavy atom. The summed E-state index contributed by atoms with van der Waals surface area (Å²) >= 11 is 9.75. The van der Waals surface area contributed by atoms with Gasteiger partial charge in [-0.05, 0) is 66.9 Å². The molecule has 1 heterocycles. The number of unbranched alkanes of at least 4 members (excludes halogenated alkanes) is 1. The van der Waals surface area contributed by atoms with Gasteiger partial charge in [-0.3, -0.25) is 4.79 Å². The van der Waals surface area contributed by atoms with E-state index in [-0.39, 0.29) is 5.91 Å².